The monoisotopic (exact) mass is 434 g/mol. The number of nitro benzene ring substituents is 1. The van der Waals surface area contributed by atoms with Crippen molar-refractivity contribution in [3.05, 3.63) is 63.8 Å². The van der Waals surface area contributed by atoms with Crippen LogP contribution in [-0.2, 0) is 10.0 Å². The molecule has 2 heterocycles. The molecular formula is C16H11FN6O4S2. The maximum absolute atomic E-state index is 13.2. The second-order valence-corrected chi connectivity index (χ2v) is 8.26. The molecule has 2 aromatic carbocycles. The number of fused-ring (bicyclic) bond motifs is 1. The molecule has 0 spiro atoms. The van der Waals surface area contributed by atoms with Gasteiger partial charge in [-0.3, -0.25) is 10.1 Å². The molecule has 148 valence electrons. The second kappa shape index (κ2) is 6.88. The zero-order chi connectivity index (χ0) is 20.8. The number of aromatic nitrogens is 3. The van der Waals surface area contributed by atoms with E-state index in [9.17, 15) is 22.9 Å². The summed E-state index contributed by atoms with van der Waals surface area (Å²) in [6.07, 6.45) is 0. The lowest BCUT2D eigenvalue weighted by Gasteiger charge is -2.05. The fourth-order valence-electron chi connectivity index (χ4n) is 2.62. The maximum Gasteiger partial charge on any atom is 0.294 e. The highest BCUT2D eigenvalue weighted by Crippen LogP contribution is 2.31. The minimum absolute atomic E-state index is 0.00369. The standard InChI is InChI=1S/C16H11FN6O4S2/c17-10-3-1-9(2-4-10)14-8-28-16-20-15(21-22(14)16)19-12-6-5-11(29(18,26)27)7-13(12)23(24)25/h1-8H,(H,19,21)(H2,18,26,27). The van der Waals surface area contributed by atoms with Gasteiger partial charge in [-0.1, -0.05) is 0 Å². The summed E-state index contributed by atoms with van der Waals surface area (Å²) in [7, 11) is -4.09. The van der Waals surface area contributed by atoms with E-state index < -0.39 is 20.6 Å². The van der Waals surface area contributed by atoms with Crippen LogP contribution in [0.2, 0.25) is 0 Å². The van der Waals surface area contributed by atoms with Gasteiger partial charge in [0.15, 0.2) is 0 Å². The number of nitrogens with zero attached hydrogens (tertiary/aromatic N) is 4. The minimum atomic E-state index is -4.09. The molecular weight excluding hydrogens is 423 g/mol. The van der Waals surface area contributed by atoms with Gasteiger partial charge in [0.05, 0.1) is 15.5 Å². The van der Waals surface area contributed by atoms with Crippen LogP contribution in [0.5, 0.6) is 0 Å². The van der Waals surface area contributed by atoms with Crippen molar-refractivity contribution in [1.29, 1.82) is 0 Å². The number of nitro groups is 1. The molecule has 0 bridgehead atoms. The average Bonchev–Trinajstić information content (AvgIpc) is 3.22. The van der Waals surface area contributed by atoms with E-state index in [-0.39, 0.29) is 22.3 Å². The number of anilines is 2. The lowest BCUT2D eigenvalue weighted by atomic mass is 10.2. The van der Waals surface area contributed by atoms with Crippen LogP contribution in [0.1, 0.15) is 0 Å². The Bertz CT molecular complexity index is 1350. The zero-order valence-electron chi connectivity index (χ0n) is 14.3. The lowest BCUT2D eigenvalue weighted by Crippen LogP contribution is -2.12. The Morgan fingerprint density at radius 1 is 1.21 bits per heavy atom. The Morgan fingerprint density at radius 2 is 1.93 bits per heavy atom. The molecule has 0 unspecified atom stereocenters. The molecule has 10 nitrogen and oxygen atoms in total. The third-order valence-electron chi connectivity index (χ3n) is 3.96. The molecule has 0 aliphatic carbocycles. The molecule has 0 radical (unpaired) electrons. The molecule has 0 saturated carbocycles. The van der Waals surface area contributed by atoms with Crippen LogP contribution in [0.3, 0.4) is 0 Å². The molecule has 2 aromatic heterocycles. The summed E-state index contributed by atoms with van der Waals surface area (Å²) in [5, 5.41) is 25.2. The van der Waals surface area contributed by atoms with Gasteiger partial charge >= 0.3 is 0 Å². The number of hydrogen-bond donors (Lipinski definition) is 2. The third-order valence-corrected chi connectivity index (χ3v) is 5.69. The van der Waals surface area contributed by atoms with Gasteiger partial charge < -0.3 is 5.32 Å². The summed E-state index contributed by atoms with van der Waals surface area (Å²) in [4.78, 5) is 15.0. The minimum Gasteiger partial charge on any atom is -0.317 e. The largest absolute Gasteiger partial charge is 0.317 e. The van der Waals surface area contributed by atoms with Gasteiger partial charge in [0.2, 0.25) is 20.9 Å². The van der Waals surface area contributed by atoms with Crippen LogP contribution < -0.4 is 10.5 Å². The molecule has 0 aliphatic heterocycles. The quantitative estimate of drug-likeness (QED) is 0.363. The van der Waals surface area contributed by atoms with Crippen LogP contribution in [0.4, 0.5) is 21.7 Å². The molecule has 4 aromatic rings. The summed E-state index contributed by atoms with van der Waals surface area (Å²) in [6.45, 7) is 0. The SMILES string of the molecule is NS(=O)(=O)c1ccc(Nc2nc3scc(-c4ccc(F)cc4)n3n2)c([N+](=O)[O-])c1. The predicted octanol–water partition coefficient (Wildman–Crippen LogP) is 2.90. The van der Waals surface area contributed by atoms with Crippen LogP contribution in [0, 0.1) is 15.9 Å². The lowest BCUT2D eigenvalue weighted by molar-refractivity contribution is -0.384. The Kier molecular flexibility index (Phi) is 4.49. The van der Waals surface area contributed by atoms with Gasteiger partial charge in [-0.05, 0) is 36.4 Å². The third kappa shape index (κ3) is 3.65. The molecule has 0 amide bonds. The van der Waals surface area contributed by atoms with Crippen molar-refractivity contribution in [2.24, 2.45) is 5.14 Å². The second-order valence-electron chi connectivity index (χ2n) is 5.86. The first kappa shape index (κ1) is 18.9. The van der Waals surface area contributed by atoms with Crippen molar-refractivity contribution in [2.45, 2.75) is 4.90 Å². The number of halogens is 1. The van der Waals surface area contributed by atoms with Crippen molar-refractivity contribution in [3.63, 3.8) is 0 Å². The van der Waals surface area contributed by atoms with Crippen molar-refractivity contribution in [1.82, 2.24) is 14.6 Å². The van der Waals surface area contributed by atoms with E-state index in [1.807, 2.05) is 0 Å². The number of nitrogens with one attached hydrogen (secondary N) is 1. The van der Waals surface area contributed by atoms with E-state index in [1.165, 1.54) is 34.1 Å². The molecule has 0 atom stereocenters. The number of hydrogen-bond acceptors (Lipinski definition) is 8. The van der Waals surface area contributed by atoms with Crippen molar-refractivity contribution in [2.75, 3.05) is 5.32 Å². The van der Waals surface area contributed by atoms with Gasteiger partial charge in [-0.2, -0.15) is 4.98 Å². The molecule has 0 aliphatic rings. The van der Waals surface area contributed by atoms with Gasteiger partial charge in [0, 0.05) is 17.0 Å². The first-order valence-electron chi connectivity index (χ1n) is 7.91. The molecule has 4 rings (SSSR count). The number of sulfonamides is 1. The maximum atomic E-state index is 13.2. The highest BCUT2D eigenvalue weighted by molar-refractivity contribution is 7.89. The Hall–Kier alpha value is -3.42. The summed E-state index contributed by atoms with van der Waals surface area (Å²) < 4.78 is 37.5. The van der Waals surface area contributed by atoms with E-state index in [0.29, 0.717) is 10.7 Å². The Balaban J connectivity index is 1.72. The van der Waals surface area contributed by atoms with Crippen LogP contribution in [0.15, 0.2) is 52.7 Å². The number of rotatable bonds is 5. The number of nitrogens with two attached hydrogens (primary N) is 1. The first-order chi connectivity index (χ1) is 13.7. The van der Waals surface area contributed by atoms with E-state index >= 15 is 0 Å². The molecule has 0 saturated heterocycles. The van der Waals surface area contributed by atoms with Gasteiger partial charge in [-0.15, -0.1) is 16.4 Å². The Labute approximate surface area is 166 Å². The van der Waals surface area contributed by atoms with Crippen LogP contribution in [0.25, 0.3) is 16.2 Å². The summed E-state index contributed by atoms with van der Waals surface area (Å²) in [5.74, 6) is -0.289. The Morgan fingerprint density at radius 3 is 2.59 bits per heavy atom. The summed E-state index contributed by atoms with van der Waals surface area (Å²) in [5.41, 5.74) is 0.902. The molecule has 3 N–H and O–H groups in total. The normalized spacial score (nSPS) is 11.7. The van der Waals surface area contributed by atoms with Gasteiger partial charge in [0.25, 0.3) is 5.69 Å². The van der Waals surface area contributed by atoms with Gasteiger partial charge in [0.1, 0.15) is 11.5 Å². The summed E-state index contributed by atoms with van der Waals surface area (Å²) in [6, 6.07) is 9.07. The van der Waals surface area contributed by atoms with E-state index in [4.69, 9.17) is 5.14 Å². The fourth-order valence-corrected chi connectivity index (χ4v) is 3.98. The summed E-state index contributed by atoms with van der Waals surface area (Å²) >= 11 is 1.29. The molecule has 29 heavy (non-hydrogen) atoms. The number of benzene rings is 2. The number of primary sulfonamides is 1. The predicted molar refractivity (Wildman–Crippen MR) is 104 cm³/mol. The van der Waals surface area contributed by atoms with Crippen molar-refractivity contribution in [3.8, 4) is 11.3 Å². The van der Waals surface area contributed by atoms with E-state index in [2.05, 4.69) is 15.4 Å². The van der Waals surface area contributed by atoms with Crippen molar-refractivity contribution >= 4 is 43.6 Å². The number of thiazole rings is 1. The first-order valence-corrected chi connectivity index (χ1v) is 10.3. The van der Waals surface area contributed by atoms with Crippen LogP contribution >= 0.6 is 11.3 Å². The fraction of sp³-hybridized carbons (Fsp3) is 0. The van der Waals surface area contributed by atoms with Gasteiger partial charge in [-0.25, -0.2) is 22.5 Å². The highest BCUT2D eigenvalue weighted by atomic mass is 32.2. The van der Waals surface area contributed by atoms with Crippen LogP contribution in [-0.4, -0.2) is 27.9 Å². The van der Waals surface area contributed by atoms with E-state index in [1.54, 1.807) is 17.5 Å². The topological polar surface area (TPSA) is 146 Å². The molecule has 13 heteroatoms. The zero-order valence-corrected chi connectivity index (χ0v) is 15.9. The molecule has 0 fully saturated rings. The van der Waals surface area contributed by atoms with Crippen molar-refractivity contribution < 1.29 is 17.7 Å². The van der Waals surface area contributed by atoms with E-state index in [0.717, 1.165) is 17.7 Å². The average molecular weight is 434 g/mol. The highest BCUT2D eigenvalue weighted by Gasteiger charge is 2.21. The smallest absolute Gasteiger partial charge is 0.294 e.